The van der Waals surface area contributed by atoms with Crippen molar-refractivity contribution in [3.05, 3.63) is 71.8 Å². The standard InChI is InChI=1S/C32H40O7/c1-5-18-31(34)29(38-24-36-22-27-13-9-7-10-14-27)26(3)17-19-32(31,30(4,33)20-21-35-6-2)39-25-37-23-28-15-11-8-12-16-28/h7-16,26,29,33-34H,6,17,19,22-25H2,1-4H3. The highest BCUT2D eigenvalue weighted by molar-refractivity contribution is 5.35. The molecule has 1 saturated carbocycles. The number of ether oxygens (including phenoxy) is 5. The van der Waals surface area contributed by atoms with Gasteiger partial charge in [0.15, 0.2) is 16.8 Å². The van der Waals surface area contributed by atoms with Crippen LogP contribution in [0.15, 0.2) is 60.7 Å². The smallest absolute Gasteiger partial charge is 0.184 e. The molecule has 0 aliphatic heterocycles. The second kappa shape index (κ2) is 14.5. The summed E-state index contributed by atoms with van der Waals surface area (Å²) in [6, 6.07) is 19.4. The quantitative estimate of drug-likeness (QED) is 0.236. The van der Waals surface area contributed by atoms with Crippen molar-refractivity contribution in [2.75, 3.05) is 20.2 Å². The minimum absolute atomic E-state index is 0.0784. The summed E-state index contributed by atoms with van der Waals surface area (Å²) in [6.07, 6.45) is 2.53. The molecule has 5 unspecified atom stereocenters. The fourth-order valence-electron chi connectivity index (χ4n) is 5.04. The van der Waals surface area contributed by atoms with Crippen molar-refractivity contribution in [1.82, 2.24) is 0 Å². The van der Waals surface area contributed by atoms with Crippen molar-refractivity contribution in [2.24, 2.45) is 5.92 Å². The van der Waals surface area contributed by atoms with Gasteiger partial charge in [0, 0.05) is 0 Å². The van der Waals surface area contributed by atoms with E-state index in [9.17, 15) is 10.2 Å². The van der Waals surface area contributed by atoms with Gasteiger partial charge in [0.25, 0.3) is 0 Å². The molecule has 7 heteroatoms. The van der Waals surface area contributed by atoms with Crippen molar-refractivity contribution < 1.29 is 33.9 Å². The monoisotopic (exact) mass is 536 g/mol. The first-order valence-corrected chi connectivity index (χ1v) is 13.3. The molecular weight excluding hydrogens is 496 g/mol. The van der Waals surface area contributed by atoms with Crippen LogP contribution in [0.3, 0.4) is 0 Å². The van der Waals surface area contributed by atoms with Crippen molar-refractivity contribution in [2.45, 2.75) is 76.7 Å². The molecule has 0 radical (unpaired) electrons. The van der Waals surface area contributed by atoms with E-state index in [4.69, 9.17) is 23.7 Å². The predicted octanol–water partition coefficient (Wildman–Crippen LogP) is 4.41. The molecule has 0 spiro atoms. The summed E-state index contributed by atoms with van der Waals surface area (Å²) in [5.41, 5.74) is -3.53. The first-order valence-electron chi connectivity index (χ1n) is 13.3. The van der Waals surface area contributed by atoms with Gasteiger partial charge in [-0.2, -0.15) is 0 Å². The maximum atomic E-state index is 12.3. The van der Waals surface area contributed by atoms with Gasteiger partial charge in [-0.3, -0.25) is 0 Å². The normalized spacial score (nSPS) is 25.9. The van der Waals surface area contributed by atoms with Crippen molar-refractivity contribution in [3.63, 3.8) is 0 Å². The molecule has 210 valence electrons. The van der Waals surface area contributed by atoms with Gasteiger partial charge in [-0.1, -0.05) is 73.5 Å². The van der Waals surface area contributed by atoms with Crippen LogP contribution in [-0.2, 0) is 36.9 Å². The van der Waals surface area contributed by atoms with Gasteiger partial charge >= 0.3 is 0 Å². The summed E-state index contributed by atoms with van der Waals surface area (Å²) >= 11 is 0. The molecular formula is C32H40O7. The summed E-state index contributed by atoms with van der Waals surface area (Å²) in [5, 5.41) is 24.1. The van der Waals surface area contributed by atoms with Crippen LogP contribution in [0.2, 0.25) is 0 Å². The highest BCUT2D eigenvalue weighted by atomic mass is 16.7. The fraction of sp³-hybridized carbons (Fsp3) is 0.500. The third-order valence-corrected chi connectivity index (χ3v) is 7.05. The molecule has 39 heavy (non-hydrogen) atoms. The second-order valence-corrected chi connectivity index (χ2v) is 9.85. The zero-order chi connectivity index (χ0) is 28.2. The molecule has 7 nitrogen and oxygen atoms in total. The Balaban J connectivity index is 1.87. The van der Waals surface area contributed by atoms with Gasteiger partial charge in [0.05, 0.1) is 19.8 Å². The highest BCUT2D eigenvalue weighted by Crippen LogP contribution is 2.49. The Kier molecular flexibility index (Phi) is 11.4. The Hall–Kier alpha value is -2.88. The Bertz CT molecular complexity index is 1130. The Morgan fingerprint density at radius 3 is 2.13 bits per heavy atom. The molecule has 3 rings (SSSR count). The van der Waals surface area contributed by atoms with Gasteiger partial charge in [-0.15, -0.1) is 5.92 Å². The molecule has 2 aromatic rings. The molecule has 1 aliphatic carbocycles. The molecule has 0 amide bonds. The maximum absolute atomic E-state index is 12.3. The first kappa shape index (κ1) is 30.7. The van der Waals surface area contributed by atoms with Crippen molar-refractivity contribution in [3.8, 4) is 23.9 Å². The zero-order valence-corrected chi connectivity index (χ0v) is 23.3. The van der Waals surface area contributed by atoms with Gasteiger partial charge in [-0.25, -0.2) is 0 Å². The third-order valence-electron chi connectivity index (χ3n) is 7.05. The summed E-state index contributed by atoms with van der Waals surface area (Å²) in [6.45, 7) is 7.60. The van der Waals surface area contributed by atoms with Crippen LogP contribution in [0.1, 0.15) is 51.7 Å². The van der Waals surface area contributed by atoms with E-state index in [1.54, 1.807) is 13.8 Å². The van der Waals surface area contributed by atoms with Crippen LogP contribution < -0.4 is 0 Å². The second-order valence-electron chi connectivity index (χ2n) is 9.85. The largest absolute Gasteiger partial charge is 0.447 e. The summed E-state index contributed by atoms with van der Waals surface area (Å²) in [4.78, 5) is 0. The molecule has 0 saturated heterocycles. The molecule has 0 heterocycles. The Morgan fingerprint density at radius 2 is 1.56 bits per heavy atom. The third kappa shape index (κ3) is 7.41. The molecule has 1 fully saturated rings. The fourth-order valence-corrected chi connectivity index (χ4v) is 5.04. The van der Waals surface area contributed by atoms with Crippen molar-refractivity contribution >= 4 is 0 Å². The molecule has 5 atom stereocenters. The van der Waals surface area contributed by atoms with E-state index in [2.05, 4.69) is 23.9 Å². The topological polar surface area (TPSA) is 86.6 Å². The lowest BCUT2D eigenvalue weighted by Crippen LogP contribution is -2.74. The van der Waals surface area contributed by atoms with E-state index in [0.717, 1.165) is 11.1 Å². The maximum Gasteiger partial charge on any atom is 0.184 e. The molecule has 0 bridgehead atoms. The van der Waals surface area contributed by atoms with Crippen LogP contribution in [0.5, 0.6) is 0 Å². The lowest BCUT2D eigenvalue weighted by Gasteiger charge is -2.56. The number of hydrogen-bond acceptors (Lipinski definition) is 7. The van der Waals surface area contributed by atoms with E-state index >= 15 is 0 Å². The average Bonchev–Trinajstić information content (AvgIpc) is 2.93. The average molecular weight is 537 g/mol. The Morgan fingerprint density at radius 1 is 0.974 bits per heavy atom. The van der Waals surface area contributed by atoms with E-state index in [-0.39, 0.29) is 25.9 Å². The summed E-state index contributed by atoms with van der Waals surface area (Å²) in [5.74, 6) is 8.38. The minimum Gasteiger partial charge on any atom is -0.447 e. The van der Waals surface area contributed by atoms with E-state index in [1.807, 2.05) is 67.6 Å². The van der Waals surface area contributed by atoms with E-state index in [1.165, 1.54) is 6.92 Å². The Labute approximate surface area is 232 Å². The van der Waals surface area contributed by atoms with E-state index < -0.39 is 22.9 Å². The minimum atomic E-state index is -1.95. The van der Waals surface area contributed by atoms with Gasteiger partial charge in [0.2, 0.25) is 0 Å². The number of hydrogen-bond donors (Lipinski definition) is 2. The predicted molar refractivity (Wildman–Crippen MR) is 148 cm³/mol. The summed E-state index contributed by atoms with van der Waals surface area (Å²) in [7, 11) is 0. The molecule has 1 aliphatic rings. The lowest BCUT2D eigenvalue weighted by molar-refractivity contribution is -0.313. The van der Waals surface area contributed by atoms with Crippen LogP contribution in [-0.4, -0.2) is 53.3 Å². The van der Waals surface area contributed by atoms with E-state index in [0.29, 0.717) is 26.2 Å². The number of rotatable bonds is 12. The van der Waals surface area contributed by atoms with Crippen LogP contribution in [0, 0.1) is 29.8 Å². The van der Waals surface area contributed by atoms with Crippen LogP contribution in [0.25, 0.3) is 0 Å². The van der Waals surface area contributed by atoms with Gasteiger partial charge in [-0.05, 0) is 56.6 Å². The van der Waals surface area contributed by atoms with Gasteiger partial charge in [0.1, 0.15) is 25.8 Å². The lowest BCUT2D eigenvalue weighted by atomic mass is 9.60. The summed E-state index contributed by atoms with van der Waals surface area (Å²) < 4.78 is 29.2. The van der Waals surface area contributed by atoms with Crippen LogP contribution >= 0.6 is 0 Å². The number of benzene rings is 2. The molecule has 2 N–H and O–H groups in total. The number of aliphatic hydroxyl groups is 2. The highest BCUT2D eigenvalue weighted by Gasteiger charge is 2.68. The molecule has 2 aromatic carbocycles. The zero-order valence-electron chi connectivity index (χ0n) is 23.3. The SMILES string of the molecule is CC#CC1(O)C(OCOCc2ccccc2)C(C)CCC1(OCOCc1ccccc1)C(C)(O)C#COCC. The van der Waals surface area contributed by atoms with Crippen molar-refractivity contribution in [1.29, 1.82) is 0 Å². The molecule has 0 aromatic heterocycles. The first-order chi connectivity index (χ1) is 18.8. The van der Waals surface area contributed by atoms with Crippen LogP contribution in [0.4, 0.5) is 0 Å². The van der Waals surface area contributed by atoms with Gasteiger partial charge < -0.3 is 33.9 Å².